The third kappa shape index (κ3) is 3.92. The van der Waals surface area contributed by atoms with E-state index in [2.05, 4.69) is 4.74 Å². The largest absolute Gasteiger partial charge is 0.468 e. The fourth-order valence-corrected chi connectivity index (χ4v) is 1.76. The van der Waals surface area contributed by atoms with Crippen molar-refractivity contribution in [2.75, 3.05) is 13.7 Å². The van der Waals surface area contributed by atoms with E-state index >= 15 is 0 Å². The maximum absolute atomic E-state index is 13.0. The molecular weight excluding hydrogens is 273 g/mol. The molecule has 19 heavy (non-hydrogen) atoms. The Morgan fingerprint density at radius 3 is 2.53 bits per heavy atom. The van der Waals surface area contributed by atoms with Crippen LogP contribution in [0.25, 0.3) is 0 Å². The minimum atomic E-state index is -0.528. The summed E-state index contributed by atoms with van der Waals surface area (Å²) >= 11 is 5.84. The average molecular weight is 288 g/mol. The van der Waals surface area contributed by atoms with Crippen LogP contribution >= 0.6 is 11.6 Å². The lowest BCUT2D eigenvalue weighted by Crippen LogP contribution is -2.41. The molecule has 0 bridgehead atoms. The van der Waals surface area contributed by atoms with Gasteiger partial charge < -0.3 is 9.64 Å². The number of carbonyl (C=O) groups is 2. The van der Waals surface area contributed by atoms with E-state index in [-0.39, 0.29) is 23.2 Å². The van der Waals surface area contributed by atoms with Gasteiger partial charge in [0.05, 0.1) is 17.7 Å². The number of benzene rings is 1. The summed E-state index contributed by atoms with van der Waals surface area (Å²) in [5, 5.41) is 0.0144. The molecule has 0 aromatic heterocycles. The molecule has 0 aliphatic rings. The number of methoxy groups -OCH3 is 1. The topological polar surface area (TPSA) is 46.6 Å². The maximum Gasteiger partial charge on any atom is 0.325 e. The summed E-state index contributed by atoms with van der Waals surface area (Å²) < 4.78 is 17.5. The zero-order valence-corrected chi connectivity index (χ0v) is 11.7. The first-order chi connectivity index (χ1) is 8.86. The molecule has 0 N–H and O–H groups in total. The van der Waals surface area contributed by atoms with Gasteiger partial charge in [-0.3, -0.25) is 9.59 Å². The standard InChI is InChI=1S/C13H15ClFNO3/c1-8(2)16(7-12(17)19-3)13(18)10-5-4-9(15)6-11(10)14/h4-6,8H,7H2,1-3H3. The molecule has 0 radical (unpaired) electrons. The summed E-state index contributed by atoms with van der Waals surface area (Å²) in [6.07, 6.45) is 0. The van der Waals surface area contributed by atoms with E-state index in [1.54, 1.807) is 13.8 Å². The zero-order valence-electron chi connectivity index (χ0n) is 10.9. The number of halogens is 2. The monoisotopic (exact) mass is 287 g/mol. The minimum absolute atomic E-state index is 0.0144. The first kappa shape index (κ1) is 15.4. The lowest BCUT2D eigenvalue weighted by atomic mass is 10.1. The quantitative estimate of drug-likeness (QED) is 0.800. The van der Waals surface area contributed by atoms with Crippen LogP contribution in [0.2, 0.25) is 5.02 Å². The van der Waals surface area contributed by atoms with Crippen LogP contribution in [0.4, 0.5) is 4.39 Å². The Balaban J connectivity index is 3.02. The fraction of sp³-hybridized carbons (Fsp3) is 0.385. The Morgan fingerprint density at radius 2 is 2.05 bits per heavy atom. The second-order valence-corrected chi connectivity index (χ2v) is 4.63. The average Bonchev–Trinajstić information content (AvgIpc) is 2.34. The van der Waals surface area contributed by atoms with Crippen LogP contribution in [0.1, 0.15) is 24.2 Å². The van der Waals surface area contributed by atoms with Gasteiger partial charge in [-0.25, -0.2) is 4.39 Å². The van der Waals surface area contributed by atoms with Crippen molar-refractivity contribution in [1.29, 1.82) is 0 Å². The van der Waals surface area contributed by atoms with Gasteiger partial charge >= 0.3 is 5.97 Å². The van der Waals surface area contributed by atoms with E-state index in [0.29, 0.717) is 0 Å². The van der Waals surface area contributed by atoms with Gasteiger partial charge in [-0.05, 0) is 32.0 Å². The SMILES string of the molecule is COC(=O)CN(C(=O)c1ccc(F)cc1Cl)C(C)C. The molecule has 1 rings (SSSR count). The summed E-state index contributed by atoms with van der Waals surface area (Å²) in [5.41, 5.74) is 0.153. The van der Waals surface area contributed by atoms with Crippen LogP contribution in [0.3, 0.4) is 0 Å². The van der Waals surface area contributed by atoms with E-state index in [1.165, 1.54) is 18.1 Å². The van der Waals surface area contributed by atoms with Gasteiger partial charge in [0.1, 0.15) is 12.4 Å². The molecule has 0 aliphatic heterocycles. The molecular formula is C13H15ClFNO3. The molecule has 6 heteroatoms. The Morgan fingerprint density at radius 1 is 1.42 bits per heavy atom. The predicted molar refractivity (Wildman–Crippen MR) is 69.6 cm³/mol. The minimum Gasteiger partial charge on any atom is -0.468 e. The molecule has 4 nitrogen and oxygen atoms in total. The molecule has 1 aromatic carbocycles. The Bertz CT molecular complexity index is 491. The van der Waals surface area contributed by atoms with Crippen LogP contribution < -0.4 is 0 Å². The van der Waals surface area contributed by atoms with Crippen molar-refractivity contribution >= 4 is 23.5 Å². The number of esters is 1. The number of amides is 1. The molecule has 104 valence electrons. The molecule has 1 aromatic rings. The molecule has 0 fully saturated rings. The lowest BCUT2D eigenvalue weighted by molar-refractivity contribution is -0.141. The Labute approximate surface area is 116 Å². The van der Waals surface area contributed by atoms with E-state index in [9.17, 15) is 14.0 Å². The van der Waals surface area contributed by atoms with Crippen molar-refractivity contribution in [3.05, 3.63) is 34.6 Å². The van der Waals surface area contributed by atoms with Gasteiger partial charge in [-0.1, -0.05) is 11.6 Å². The van der Waals surface area contributed by atoms with Gasteiger partial charge in [0.25, 0.3) is 5.91 Å². The van der Waals surface area contributed by atoms with Gasteiger partial charge in [-0.2, -0.15) is 0 Å². The summed E-state index contributed by atoms with van der Waals surface area (Å²) in [6, 6.07) is 3.29. The first-order valence-corrected chi connectivity index (χ1v) is 6.07. The summed E-state index contributed by atoms with van der Waals surface area (Å²) in [7, 11) is 1.25. The number of hydrogen-bond acceptors (Lipinski definition) is 3. The molecule has 0 saturated heterocycles. The molecule has 0 aliphatic carbocycles. The van der Waals surface area contributed by atoms with E-state index in [0.717, 1.165) is 12.1 Å². The molecule has 0 saturated carbocycles. The van der Waals surface area contributed by atoms with Gasteiger partial charge in [-0.15, -0.1) is 0 Å². The maximum atomic E-state index is 13.0. The van der Waals surface area contributed by atoms with Gasteiger partial charge in [0.15, 0.2) is 0 Å². The molecule has 0 heterocycles. The Kier molecular flexibility index (Phi) is 5.30. The molecule has 0 atom stereocenters. The third-order valence-corrected chi connectivity index (χ3v) is 2.89. The highest BCUT2D eigenvalue weighted by Gasteiger charge is 2.23. The first-order valence-electron chi connectivity index (χ1n) is 5.69. The van der Waals surface area contributed by atoms with Crippen molar-refractivity contribution in [1.82, 2.24) is 4.90 Å². The molecule has 1 amide bonds. The predicted octanol–water partition coefficient (Wildman–Crippen LogP) is 2.50. The number of hydrogen-bond donors (Lipinski definition) is 0. The van der Waals surface area contributed by atoms with Crippen molar-refractivity contribution in [2.45, 2.75) is 19.9 Å². The van der Waals surface area contributed by atoms with Crippen molar-refractivity contribution in [3.63, 3.8) is 0 Å². The summed E-state index contributed by atoms with van der Waals surface area (Å²) in [4.78, 5) is 24.9. The molecule has 0 spiro atoms. The van der Waals surface area contributed by atoms with Crippen LogP contribution in [0.15, 0.2) is 18.2 Å². The van der Waals surface area contributed by atoms with E-state index < -0.39 is 17.7 Å². The number of rotatable bonds is 4. The van der Waals surface area contributed by atoms with Crippen LogP contribution in [0.5, 0.6) is 0 Å². The zero-order chi connectivity index (χ0) is 14.6. The normalized spacial score (nSPS) is 10.4. The second kappa shape index (κ2) is 6.52. The molecule has 0 unspecified atom stereocenters. The van der Waals surface area contributed by atoms with Crippen molar-refractivity contribution in [3.8, 4) is 0 Å². The van der Waals surface area contributed by atoms with Crippen LogP contribution in [0, 0.1) is 5.82 Å². The third-order valence-electron chi connectivity index (χ3n) is 2.57. The number of carbonyl (C=O) groups excluding carboxylic acids is 2. The van der Waals surface area contributed by atoms with E-state index in [4.69, 9.17) is 11.6 Å². The summed E-state index contributed by atoms with van der Waals surface area (Å²) in [5.74, 6) is -1.49. The van der Waals surface area contributed by atoms with Crippen molar-refractivity contribution in [2.24, 2.45) is 0 Å². The highest BCUT2D eigenvalue weighted by molar-refractivity contribution is 6.33. The smallest absolute Gasteiger partial charge is 0.325 e. The highest BCUT2D eigenvalue weighted by Crippen LogP contribution is 2.20. The van der Waals surface area contributed by atoms with Crippen LogP contribution in [-0.2, 0) is 9.53 Å². The van der Waals surface area contributed by atoms with Crippen molar-refractivity contribution < 1.29 is 18.7 Å². The Hall–Kier alpha value is -1.62. The number of ether oxygens (including phenoxy) is 1. The highest BCUT2D eigenvalue weighted by atomic mass is 35.5. The van der Waals surface area contributed by atoms with Gasteiger partial charge in [0.2, 0.25) is 0 Å². The fourth-order valence-electron chi connectivity index (χ4n) is 1.51. The summed E-state index contributed by atoms with van der Waals surface area (Å²) in [6.45, 7) is 3.34. The van der Waals surface area contributed by atoms with E-state index in [1.807, 2.05) is 0 Å². The van der Waals surface area contributed by atoms with Crippen LogP contribution in [-0.4, -0.2) is 36.5 Å². The number of nitrogens with zero attached hydrogens (tertiary/aromatic N) is 1. The second-order valence-electron chi connectivity index (χ2n) is 4.23. The van der Waals surface area contributed by atoms with Gasteiger partial charge in [0, 0.05) is 6.04 Å². The lowest BCUT2D eigenvalue weighted by Gasteiger charge is -2.25.